The lowest BCUT2D eigenvalue weighted by atomic mass is 10.0. The predicted molar refractivity (Wildman–Crippen MR) is 136 cm³/mol. The third kappa shape index (κ3) is 4.87. The molecular weight excluding hydrogens is 508 g/mol. The Bertz CT molecular complexity index is 1510. The Hall–Kier alpha value is -5.24. The number of amides is 4. The highest BCUT2D eigenvalue weighted by Crippen LogP contribution is 2.34. The van der Waals surface area contributed by atoms with Crippen molar-refractivity contribution in [3.63, 3.8) is 0 Å². The molecule has 1 aromatic heterocycles. The highest BCUT2D eigenvalue weighted by Gasteiger charge is 2.39. The first-order valence-electron chi connectivity index (χ1n) is 12.1. The number of anilines is 4. The number of aromatic nitrogens is 2. The van der Waals surface area contributed by atoms with Gasteiger partial charge in [-0.15, -0.1) is 0 Å². The van der Waals surface area contributed by atoms with E-state index in [1.54, 1.807) is 48.7 Å². The summed E-state index contributed by atoms with van der Waals surface area (Å²) < 4.78 is 0. The second-order valence-electron chi connectivity index (χ2n) is 8.97. The van der Waals surface area contributed by atoms with E-state index in [1.165, 1.54) is 4.90 Å². The number of imide groups is 1. The van der Waals surface area contributed by atoms with Crippen LogP contribution < -0.4 is 36.6 Å². The highest BCUT2D eigenvalue weighted by atomic mass is 16.9. The Morgan fingerprint density at radius 3 is 2.85 bits per heavy atom. The summed E-state index contributed by atoms with van der Waals surface area (Å²) >= 11 is 0. The Morgan fingerprint density at radius 1 is 1.10 bits per heavy atom. The second kappa shape index (κ2) is 9.90. The van der Waals surface area contributed by atoms with Gasteiger partial charge in [0, 0.05) is 53.4 Å². The fourth-order valence-corrected chi connectivity index (χ4v) is 4.57. The topological polar surface area (TPSA) is 176 Å². The molecule has 0 aliphatic carbocycles. The zero-order valence-corrected chi connectivity index (χ0v) is 20.3. The quantitative estimate of drug-likeness (QED) is 0.278. The summed E-state index contributed by atoms with van der Waals surface area (Å²) in [6, 6.07) is 11.1. The molecule has 39 heavy (non-hydrogen) atoms. The molecule has 1 fully saturated rings. The van der Waals surface area contributed by atoms with Gasteiger partial charge in [-0.25, -0.2) is 4.98 Å². The largest absolute Gasteiger partial charge is 0.370 e. The molecule has 4 amide bonds. The number of piperidine rings is 1. The second-order valence-corrected chi connectivity index (χ2v) is 8.97. The average Bonchev–Trinajstić information content (AvgIpc) is 3.52. The number of hydrogen-bond acceptors (Lipinski definition) is 11. The van der Waals surface area contributed by atoms with E-state index in [2.05, 4.69) is 36.9 Å². The van der Waals surface area contributed by atoms with Crippen molar-refractivity contribution in [2.45, 2.75) is 25.4 Å². The van der Waals surface area contributed by atoms with Crippen LogP contribution in [0.25, 0.3) is 0 Å². The molecule has 3 aliphatic heterocycles. The van der Waals surface area contributed by atoms with Crippen molar-refractivity contribution in [2.75, 3.05) is 22.5 Å². The van der Waals surface area contributed by atoms with E-state index in [9.17, 15) is 19.2 Å². The molecule has 198 valence electrons. The highest BCUT2D eigenvalue weighted by molar-refractivity contribution is 6.07. The van der Waals surface area contributed by atoms with Crippen molar-refractivity contribution in [1.29, 1.82) is 0 Å². The van der Waals surface area contributed by atoms with Gasteiger partial charge in [0.25, 0.3) is 5.91 Å². The van der Waals surface area contributed by atoms with Gasteiger partial charge in [0.15, 0.2) is 11.5 Å². The molecule has 6 rings (SSSR count). The lowest BCUT2D eigenvalue weighted by Gasteiger charge is -2.29. The zero-order valence-electron chi connectivity index (χ0n) is 20.3. The summed E-state index contributed by atoms with van der Waals surface area (Å²) in [7, 11) is 0. The molecule has 5 N–H and O–H groups in total. The van der Waals surface area contributed by atoms with Crippen LogP contribution in [-0.2, 0) is 20.9 Å². The van der Waals surface area contributed by atoms with Crippen LogP contribution in [0.1, 0.15) is 28.8 Å². The first-order chi connectivity index (χ1) is 18.9. The van der Waals surface area contributed by atoms with Gasteiger partial charge < -0.3 is 30.5 Å². The fraction of sp³-hybridized carbons (Fsp3) is 0.200. The van der Waals surface area contributed by atoms with E-state index in [0.717, 1.165) is 0 Å². The molecule has 0 saturated carbocycles. The van der Waals surface area contributed by atoms with Crippen molar-refractivity contribution in [3.05, 3.63) is 59.8 Å². The molecule has 3 aromatic rings. The van der Waals surface area contributed by atoms with Gasteiger partial charge in [0.2, 0.25) is 23.7 Å². The summed E-state index contributed by atoms with van der Waals surface area (Å²) in [6.45, 7) is 0.0573. The molecular formula is C25H22N8O6. The summed E-state index contributed by atoms with van der Waals surface area (Å²) in [4.78, 5) is 69.8. The van der Waals surface area contributed by atoms with Crippen molar-refractivity contribution in [3.8, 4) is 11.5 Å². The predicted octanol–water partition coefficient (Wildman–Crippen LogP) is 1.22. The standard InChI is InChI=1S/C25H22N8O6/c34-21-7-5-17(23(36)31-21)33-12-15-14(24(33)37)2-1-3-16(15)29-22(35)11-27-20-8-9-26-25(30-20)28-13-4-6-18-19(10-13)39-32-38-18/h1-4,6,8-10,17,32H,5,7,11-12H2,(H,29,35)(H,31,34,36)(H2,26,27,28,30). The van der Waals surface area contributed by atoms with Crippen LogP contribution in [0.4, 0.5) is 23.1 Å². The lowest BCUT2D eigenvalue weighted by molar-refractivity contribution is -0.137. The minimum absolute atomic E-state index is 0.0966. The maximum absolute atomic E-state index is 13.0. The van der Waals surface area contributed by atoms with Gasteiger partial charge in [0.05, 0.1) is 6.54 Å². The number of benzene rings is 2. The van der Waals surface area contributed by atoms with Crippen LogP contribution in [0.2, 0.25) is 0 Å². The van der Waals surface area contributed by atoms with Gasteiger partial charge >= 0.3 is 0 Å². The van der Waals surface area contributed by atoms with Gasteiger partial charge in [-0.1, -0.05) is 6.07 Å². The Labute approximate surface area is 221 Å². The molecule has 14 nitrogen and oxygen atoms in total. The number of carbonyl (C=O) groups is 4. The van der Waals surface area contributed by atoms with Crippen molar-refractivity contribution < 1.29 is 28.9 Å². The Balaban J connectivity index is 1.08. The van der Waals surface area contributed by atoms with Crippen molar-refractivity contribution in [2.24, 2.45) is 0 Å². The summed E-state index contributed by atoms with van der Waals surface area (Å²) in [6.07, 6.45) is 1.97. The molecule has 4 heterocycles. The van der Waals surface area contributed by atoms with E-state index < -0.39 is 11.9 Å². The van der Waals surface area contributed by atoms with Crippen LogP contribution >= 0.6 is 0 Å². The molecule has 1 atom stereocenters. The van der Waals surface area contributed by atoms with Gasteiger partial charge in [-0.05, 0) is 36.8 Å². The average molecular weight is 531 g/mol. The number of carbonyl (C=O) groups excluding carboxylic acids is 4. The van der Waals surface area contributed by atoms with Crippen LogP contribution in [-0.4, -0.2) is 51.1 Å². The fourth-order valence-electron chi connectivity index (χ4n) is 4.57. The van der Waals surface area contributed by atoms with Crippen LogP contribution in [0, 0.1) is 0 Å². The van der Waals surface area contributed by atoms with Gasteiger partial charge in [-0.3, -0.25) is 24.5 Å². The number of rotatable bonds is 7. The molecule has 0 bridgehead atoms. The van der Waals surface area contributed by atoms with Gasteiger partial charge in [0.1, 0.15) is 11.9 Å². The third-order valence-corrected chi connectivity index (χ3v) is 6.44. The first kappa shape index (κ1) is 24.1. The smallest absolute Gasteiger partial charge is 0.255 e. The number of nitrogens with zero attached hydrogens (tertiary/aromatic N) is 3. The van der Waals surface area contributed by atoms with Crippen molar-refractivity contribution >= 4 is 46.8 Å². The number of fused-ring (bicyclic) bond motifs is 2. The molecule has 0 radical (unpaired) electrons. The van der Waals surface area contributed by atoms with E-state index in [-0.39, 0.29) is 43.7 Å². The minimum atomic E-state index is -0.734. The minimum Gasteiger partial charge on any atom is -0.370 e. The number of hydrogen-bond donors (Lipinski definition) is 5. The molecule has 0 spiro atoms. The van der Waals surface area contributed by atoms with Crippen LogP contribution in [0.15, 0.2) is 48.7 Å². The summed E-state index contributed by atoms with van der Waals surface area (Å²) in [5.41, 5.74) is 4.50. The normalized spacial score (nSPS) is 17.5. The van der Waals surface area contributed by atoms with Gasteiger partial charge in [-0.2, -0.15) is 4.98 Å². The third-order valence-electron chi connectivity index (χ3n) is 6.44. The maximum atomic E-state index is 13.0. The van der Waals surface area contributed by atoms with E-state index >= 15 is 0 Å². The molecule has 1 saturated heterocycles. The zero-order chi connectivity index (χ0) is 26.9. The van der Waals surface area contributed by atoms with Crippen LogP contribution in [0.3, 0.4) is 0 Å². The molecule has 2 aromatic carbocycles. The molecule has 3 aliphatic rings. The Kier molecular flexibility index (Phi) is 6.13. The number of nitrogens with one attached hydrogen (secondary N) is 5. The summed E-state index contributed by atoms with van der Waals surface area (Å²) in [5.74, 6) is 0.289. The van der Waals surface area contributed by atoms with E-state index in [4.69, 9.17) is 9.68 Å². The van der Waals surface area contributed by atoms with E-state index in [1.807, 2.05) is 0 Å². The molecule has 14 heteroatoms. The Morgan fingerprint density at radius 2 is 1.97 bits per heavy atom. The van der Waals surface area contributed by atoms with Crippen LogP contribution in [0.5, 0.6) is 11.5 Å². The van der Waals surface area contributed by atoms with Crippen molar-refractivity contribution in [1.82, 2.24) is 25.8 Å². The molecule has 1 unspecified atom stereocenters. The lowest BCUT2D eigenvalue weighted by Crippen LogP contribution is -2.52. The monoisotopic (exact) mass is 530 g/mol. The summed E-state index contributed by atoms with van der Waals surface area (Å²) in [5, 5.41) is 11.1. The maximum Gasteiger partial charge on any atom is 0.255 e. The SMILES string of the molecule is O=C1CCC(N2Cc3c(NC(=O)CNc4ccnc(Nc5ccc6c(c5)ONO6)n4)cccc3C2=O)C(=O)N1. The van der Waals surface area contributed by atoms with E-state index in [0.29, 0.717) is 45.8 Å². The first-order valence-corrected chi connectivity index (χ1v) is 12.1.